The molecule has 2 atom stereocenters. The smallest absolute Gasteiger partial charge is 0.160 e. The molecule has 2 aromatic rings. The summed E-state index contributed by atoms with van der Waals surface area (Å²) in [6.45, 7) is 12.6. The molecule has 31 heavy (non-hydrogen) atoms. The van der Waals surface area contributed by atoms with Gasteiger partial charge in [-0.2, -0.15) is 0 Å². The first-order valence-electron chi connectivity index (χ1n) is 9.88. The van der Waals surface area contributed by atoms with Crippen LogP contribution >= 0.6 is 95.6 Å². The summed E-state index contributed by atoms with van der Waals surface area (Å²) in [6.07, 6.45) is 1.67. The Hall–Kier alpha value is 0.920. The molecule has 0 saturated heterocycles. The highest BCUT2D eigenvalue weighted by Crippen LogP contribution is 2.46. The lowest BCUT2D eigenvalue weighted by Gasteiger charge is -2.30. The van der Waals surface area contributed by atoms with Gasteiger partial charge < -0.3 is 9.47 Å². The van der Waals surface area contributed by atoms with Crippen LogP contribution in [0.25, 0.3) is 0 Å². The predicted octanol–water partition coefficient (Wildman–Crippen LogP) is 10.9. The van der Waals surface area contributed by atoms with Crippen LogP contribution in [0.1, 0.15) is 65.5 Å². The molecule has 0 amide bonds. The summed E-state index contributed by atoms with van der Waals surface area (Å²) in [5.41, 5.74) is 2.04. The Balaban J connectivity index is 2.48. The van der Waals surface area contributed by atoms with Gasteiger partial charge in [-0.05, 0) is 158 Å². The van der Waals surface area contributed by atoms with Crippen LogP contribution in [0.2, 0.25) is 0 Å². The maximum absolute atomic E-state index is 6.18. The Labute approximate surface area is 236 Å². The summed E-state index contributed by atoms with van der Waals surface area (Å²) < 4.78 is 15.1. The number of benzene rings is 2. The molecule has 0 aliphatic heterocycles. The van der Waals surface area contributed by atoms with Crippen molar-refractivity contribution < 1.29 is 9.47 Å². The number of alkyl halides is 2. The summed E-state index contributed by atoms with van der Waals surface area (Å²) in [5.74, 6) is 1.56. The molecule has 0 radical (unpaired) electrons. The van der Waals surface area contributed by atoms with E-state index in [0.717, 1.165) is 53.4 Å². The van der Waals surface area contributed by atoms with Crippen molar-refractivity contribution in [2.45, 2.75) is 68.8 Å². The third-order valence-electron chi connectivity index (χ3n) is 5.33. The van der Waals surface area contributed by atoms with E-state index in [9.17, 15) is 0 Å². The van der Waals surface area contributed by atoms with E-state index in [1.54, 1.807) is 0 Å². The lowest BCUT2D eigenvalue weighted by atomic mass is 9.78. The Morgan fingerprint density at radius 3 is 1.10 bits per heavy atom. The number of rotatable bonds is 8. The SMILES string of the molecule is CCC(C)(Br)Oc1c(Br)cc(C(C)(C)c2cc(Br)c(OC(C)(Br)CC)c(Br)c2)cc1Br. The van der Waals surface area contributed by atoms with Crippen molar-refractivity contribution in [3.05, 3.63) is 53.3 Å². The molecule has 2 aromatic carbocycles. The number of hydrogen-bond acceptors (Lipinski definition) is 2. The molecule has 0 aliphatic rings. The molecule has 8 heteroatoms. The summed E-state index contributed by atoms with van der Waals surface area (Å²) >= 11 is 22.1. The fraction of sp³-hybridized carbons (Fsp3) is 0.478. The summed E-state index contributed by atoms with van der Waals surface area (Å²) in [7, 11) is 0. The molecule has 0 aliphatic carbocycles. The average molecular weight is 814 g/mol. The van der Waals surface area contributed by atoms with Gasteiger partial charge in [-0.25, -0.2) is 0 Å². The van der Waals surface area contributed by atoms with E-state index in [1.807, 2.05) is 13.8 Å². The van der Waals surface area contributed by atoms with Crippen molar-refractivity contribution >= 4 is 95.6 Å². The van der Waals surface area contributed by atoms with Gasteiger partial charge in [0.15, 0.2) is 9.02 Å². The van der Waals surface area contributed by atoms with Crippen molar-refractivity contribution in [3.63, 3.8) is 0 Å². The molecule has 0 spiro atoms. The zero-order chi connectivity index (χ0) is 23.8. The second-order valence-electron chi connectivity index (χ2n) is 8.28. The fourth-order valence-electron chi connectivity index (χ4n) is 2.77. The predicted molar refractivity (Wildman–Crippen MR) is 152 cm³/mol. The molecular formula is C23H26Br6O2. The first-order valence-corrected chi connectivity index (χ1v) is 14.6. The normalized spacial score (nSPS) is 15.9. The molecule has 0 aromatic heterocycles. The minimum atomic E-state index is -0.428. The lowest BCUT2D eigenvalue weighted by Crippen LogP contribution is -2.24. The second kappa shape index (κ2) is 10.7. The number of ether oxygens (including phenoxy) is 2. The molecule has 2 nitrogen and oxygen atoms in total. The summed E-state index contributed by atoms with van der Waals surface area (Å²) in [4.78, 5) is 0. The molecule has 2 unspecified atom stereocenters. The van der Waals surface area contributed by atoms with Gasteiger partial charge in [-0.15, -0.1) is 0 Å². The Morgan fingerprint density at radius 2 is 0.871 bits per heavy atom. The average Bonchev–Trinajstić information content (AvgIpc) is 2.67. The first-order chi connectivity index (χ1) is 14.1. The molecule has 0 saturated carbocycles. The monoisotopic (exact) mass is 808 g/mol. The highest BCUT2D eigenvalue weighted by molar-refractivity contribution is 9.11. The highest BCUT2D eigenvalue weighted by atomic mass is 79.9. The number of hydrogen-bond donors (Lipinski definition) is 0. The van der Waals surface area contributed by atoms with Gasteiger partial charge in [-0.1, -0.05) is 27.7 Å². The van der Waals surface area contributed by atoms with Gasteiger partial charge in [0.05, 0.1) is 17.9 Å². The van der Waals surface area contributed by atoms with Crippen LogP contribution in [-0.2, 0) is 5.41 Å². The third kappa shape index (κ3) is 6.97. The van der Waals surface area contributed by atoms with Crippen LogP contribution < -0.4 is 9.47 Å². The lowest BCUT2D eigenvalue weighted by molar-refractivity contribution is 0.186. The third-order valence-corrected chi connectivity index (χ3v) is 9.13. The fourth-order valence-corrected chi connectivity index (χ4v) is 5.79. The topological polar surface area (TPSA) is 18.5 Å². The van der Waals surface area contributed by atoms with E-state index in [4.69, 9.17) is 9.47 Å². The van der Waals surface area contributed by atoms with E-state index in [1.165, 1.54) is 0 Å². The van der Waals surface area contributed by atoms with Crippen molar-refractivity contribution in [1.82, 2.24) is 0 Å². The minimum absolute atomic E-state index is 0.266. The van der Waals surface area contributed by atoms with Gasteiger partial charge in [-0.3, -0.25) is 0 Å². The second-order valence-corrected chi connectivity index (χ2v) is 15.1. The quantitative estimate of drug-likeness (QED) is 0.247. The van der Waals surface area contributed by atoms with Gasteiger partial charge in [0, 0.05) is 5.41 Å². The molecule has 2 rings (SSSR count). The number of halogens is 6. The van der Waals surface area contributed by atoms with Crippen molar-refractivity contribution in [3.8, 4) is 11.5 Å². The molecule has 0 N–H and O–H groups in total. The van der Waals surface area contributed by atoms with Crippen LogP contribution in [-0.4, -0.2) is 9.02 Å². The van der Waals surface area contributed by atoms with Gasteiger partial charge in [0.25, 0.3) is 0 Å². The minimum Gasteiger partial charge on any atom is -0.474 e. The van der Waals surface area contributed by atoms with E-state index in [0.29, 0.717) is 0 Å². The van der Waals surface area contributed by atoms with Crippen molar-refractivity contribution in [1.29, 1.82) is 0 Å². The van der Waals surface area contributed by atoms with Crippen molar-refractivity contribution in [2.75, 3.05) is 0 Å². The first kappa shape index (κ1) is 28.2. The zero-order valence-corrected chi connectivity index (χ0v) is 27.8. The molecule has 0 heterocycles. The van der Waals surface area contributed by atoms with Crippen LogP contribution in [0.4, 0.5) is 0 Å². The standard InChI is InChI=1S/C23H26Br6O2/c1-7-22(5,28)30-19-15(24)9-13(10-16(19)25)21(3,4)14-11-17(26)20(18(27)12-14)31-23(6,29)8-2/h9-12H,7-8H2,1-6H3. The Kier molecular flexibility index (Phi) is 9.70. The van der Waals surface area contributed by atoms with Crippen LogP contribution in [0.15, 0.2) is 42.2 Å². The van der Waals surface area contributed by atoms with E-state index < -0.39 is 9.02 Å². The maximum atomic E-state index is 6.18. The highest BCUT2D eigenvalue weighted by Gasteiger charge is 2.30. The zero-order valence-electron chi connectivity index (χ0n) is 18.3. The van der Waals surface area contributed by atoms with Crippen molar-refractivity contribution in [2.24, 2.45) is 0 Å². The van der Waals surface area contributed by atoms with Crippen LogP contribution in [0.3, 0.4) is 0 Å². The molecule has 172 valence electrons. The Bertz CT molecular complexity index is 832. The maximum Gasteiger partial charge on any atom is 0.160 e. The molecule has 0 fully saturated rings. The molecular weight excluding hydrogens is 788 g/mol. The van der Waals surface area contributed by atoms with Crippen LogP contribution in [0.5, 0.6) is 11.5 Å². The Morgan fingerprint density at radius 1 is 0.613 bits per heavy atom. The van der Waals surface area contributed by atoms with Gasteiger partial charge >= 0.3 is 0 Å². The largest absolute Gasteiger partial charge is 0.474 e. The van der Waals surface area contributed by atoms with Crippen LogP contribution in [0, 0.1) is 0 Å². The summed E-state index contributed by atoms with van der Waals surface area (Å²) in [5, 5.41) is 0. The molecule has 0 bridgehead atoms. The van der Waals surface area contributed by atoms with Gasteiger partial charge in [0.1, 0.15) is 11.5 Å². The summed E-state index contributed by atoms with van der Waals surface area (Å²) in [6, 6.07) is 8.49. The van der Waals surface area contributed by atoms with E-state index in [2.05, 4.69) is 148 Å². The van der Waals surface area contributed by atoms with E-state index in [-0.39, 0.29) is 5.41 Å². The van der Waals surface area contributed by atoms with Gasteiger partial charge in [0.2, 0.25) is 0 Å². The van der Waals surface area contributed by atoms with E-state index >= 15 is 0 Å².